The lowest BCUT2D eigenvalue weighted by Gasteiger charge is -2.08. The van der Waals surface area contributed by atoms with Crippen molar-refractivity contribution in [1.29, 1.82) is 0 Å². The minimum Gasteiger partial charge on any atom is -0.370 e. The van der Waals surface area contributed by atoms with Crippen molar-refractivity contribution >= 4 is 5.96 Å². The van der Waals surface area contributed by atoms with Crippen LogP contribution in [-0.4, -0.2) is 44.6 Å². The van der Waals surface area contributed by atoms with Crippen molar-refractivity contribution in [3.05, 3.63) is 0 Å². The number of unbranched alkanes of at least 4 members (excludes halogenated alkanes) is 5. The van der Waals surface area contributed by atoms with E-state index in [1.165, 1.54) is 38.6 Å². The van der Waals surface area contributed by atoms with Gasteiger partial charge in [0.15, 0.2) is 5.96 Å². The lowest BCUT2D eigenvalue weighted by atomic mass is 10.1. The van der Waals surface area contributed by atoms with Crippen LogP contribution >= 0.6 is 0 Å². The number of nitrogens with one attached hydrogen (secondary N) is 1. The molecule has 0 bridgehead atoms. The normalized spacial score (nSPS) is 12.1. The van der Waals surface area contributed by atoms with Crippen LogP contribution in [0.4, 0.5) is 0 Å². The molecule has 3 N–H and O–H groups in total. The summed E-state index contributed by atoms with van der Waals surface area (Å²) in [5.41, 5.74) is 5.74. The van der Waals surface area contributed by atoms with Crippen LogP contribution in [-0.2, 0) is 0 Å². The van der Waals surface area contributed by atoms with E-state index in [0.717, 1.165) is 25.9 Å². The van der Waals surface area contributed by atoms with E-state index < -0.39 is 0 Å². The minimum absolute atomic E-state index is 0.607. The van der Waals surface area contributed by atoms with Gasteiger partial charge in [0.05, 0.1) is 0 Å². The van der Waals surface area contributed by atoms with E-state index in [4.69, 9.17) is 5.73 Å². The van der Waals surface area contributed by atoms with Crippen LogP contribution in [0.1, 0.15) is 51.9 Å². The van der Waals surface area contributed by atoms with Gasteiger partial charge in [-0.1, -0.05) is 32.6 Å². The molecule has 0 aromatic heterocycles. The van der Waals surface area contributed by atoms with E-state index in [-0.39, 0.29) is 0 Å². The highest BCUT2D eigenvalue weighted by Crippen LogP contribution is 2.03. The van der Waals surface area contributed by atoms with Gasteiger partial charge in [-0.2, -0.15) is 0 Å². The van der Waals surface area contributed by atoms with Gasteiger partial charge in [0.1, 0.15) is 0 Å². The smallest absolute Gasteiger partial charge is 0.188 e. The molecule has 0 aromatic rings. The monoisotopic (exact) mass is 256 g/mol. The quantitative estimate of drug-likeness (QED) is 0.338. The molecular formula is C14H32N4. The van der Waals surface area contributed by atoms with Gasteiger partial charge < -0.3 is 16.0 Å². The lowest BCUT2D eigenvalue weighted by molar-refractivity contribution is 0.390. The second-order valence-corrected chi connectivity index (χ2v) is 5.12. The molecule has 4 heteroatoms. The highest BCUT2D eigenvalue weighted by molar-refractivity contribution is 5.77. The molecular weight excluding hydrogens is 224 g/mol. The third kappa shape index (κ3) is 13.3. The molecule has 0 heterocycles. The zero-order chi connectivity index (χ0) is 13.6. The number of nitrogens with zero attached hydrogens (tertiary/aromatic N) is 2. The number of rotatable bonds is 11. The molecule has 0 fully saturated rings. The van der Waals surface area contributed by atoms with Gasteiger partial charge in [0, 0.05) is 13.1 Å². The number of hydrogen-bond donors (Lipinski definition) is 2. The molecule has 108 valence electrons. The molecule has 0 saturated heterocycles. The average molecular weight is 256 g/mol. The largest absolute Gasteiger partial charge is 0.370 e. The van der Waals surface area contributed by atoms with Crippen molar-refractivity contribution < 1.29 is 0 Å². The summed E-state index contributed by atoms with van der Waals surface area (Å²) in [5, 5.41) is 3.13. The van der Waals surface area contributed by atoms with E-state index in [9.17, 15) is 0 Å². The predicted molar refractivity (Wildman–Crippen MR) is 81.0 cm³/mol. The number of aliphatic imine (C=N–C) groups is 1. The fraction of sp³-hybridized carbons (Fsp3) is 0.929. The molecule has 0 aliphatic carbocycles. The molecule has 4 nitrogen and oxygen atoms in total. The van der Waals surface area contributed by atoms with Crippen LogP contribution in [0, 0.1) is 0 Å². The molecule has 0 radical (unpaired) electrons. The third-order valence-electron chi connectivity index (χ3n) is 2.88. The molecule has 0 rings (SSSR count). The van der Waals surface area contributed by atoms with E-state index in [1.54, 1.807) is 0 Å². The fourth-order valence-corrected chi connectivity index (χ4v) is 1.72. The van der Waals surface area contributed by atoms with Crippen LogP contribution in [0.5, 0.6) is 0 Å². The molecule has 0 atom stereocenters. The Bertz CT molecular complexity index is 202. The third-order valence-corrected chi connectivity index (χ3v) is 2.88. The topological polar surface area (TPSA) is 53.6 Å². The molecule has 0 aliphatic heterocycles. The molecule has 0 aromatic carbocycles. The summed E-state index contributed by atoms with van der Waals surface area (Å²) < 4.78 is 0. The van der Waals surface area contributed by atoms with E-state index in [0.29, 0.717) is 5.96 Å². The number of guanidine groups is 1. The number of hydrogen-bond acceptors (Lipinski definition) is 2. The molecule has 18 heavy (non-hydrogen) atoms. The summed E-state index contributed by atoms with van der Waals surface area (Å²) in [6.07, 6.45) is 8.70. The van der Waals surface area contributed by atoms with Gasteiger partial charge in [-0.15, -0.1) is 0 Å². The minimum atomic E-state index is 0.607. The Hall–Kier alpha value is -0.770. The first-order valence-electron chi connectivity index (χ1n) is 7.35. The zero-order valence-electron chi connectivity index (χ0n) is 12.5. The Kier molecular flexibility index (Phi) is 12.1. The summed E-state index contributed by atoms with van der Waals surface area (Å²) in [4.78, 5) is 6.56. The van der Waals surface area contributed by atoms with Gasteiger partial charge >= 0.3 is 0 Å². The highest BCUT2D eigenvalue weighted by atomic mass is 15.1. The van der Waals surface area contributed by atoms with Crippen molar-refractivity contribution in [2.45, 2.75) is 51.9 Å². The van der Waals surface area contributed by atoms with E-state index >= 15 is 0 Å². The van der Waals surface area contributed by atoms with Crippen molar-refractivity contribution in [1.82, 2.24) is 10.2 Å². The van der Waals surface area contributed by atoms with Crippen LogP contribution in [0.3, 0.4) is 0 Å². The van der Waals surface area contributed by atoms with Crippen LogP contribution in [0.15, 0.2) is 4.99 Å². The fourth-order valence-electron chi connectivity index (χ4n) is 1.72. The molecule has 0 unspecified atom stereocenters. The first-order valence-corrected chi connectivity index (χ1v) is 7.35. The van der Waals surface area contributed by atoms with Crippen molar-refractivity contribution in [3.8, 4) is 0 Å². The van der Waals surface area contributed by atoms with Gasteiger partial charge in [0.25, 0.3) is 0 Å². The molecule has 0 aliphatic rings. The number of nitrogens with two attached hydrogens (primary N) is 1. The Labute approximate surface area is 113 Å². The Balaban J connectivity index is 3.25. The summed E-state index contributed by atoms with van der Waals surface area (Å²) in [7, 11) is 4.26. The summed E-state index contributed by atoms with van der Waals surface area (Å²) in [6, 6.07) is 0. The summed E-state index contributed by atoms with van der Waals surface area (Å²) in [5.74, 6) is 0.607. The van der Waals surface area contributed by atoms with Gasteiger partial charge in [-0.05, 0) is 39.9 Å². The van der Waals surface area contributed by atoms with Gasteiger partial charge in [-0.3, -0.25) is 4.99 Å². The molecule has 0 amide bonds. The van der Waals surface area contributed by atoms with Crippen molar-refractivity contribution in [2.24, 2.45) is 10.7 Å². The summed E-state index contributed by atoms with van der Waals surface area (Å²) >= 11 is 0. The SMILES string of the molecule is CCCCNC(N)=NCCCCCCCN(C)C. The standard InChI is InChI=1S/C14H32N4/c1-4-5-11-16-14(15)17-12-9-7-6-8-10-13-18(2)3/h4-13H2,1-3H3,(H3,15,16,17). The highest BCUT2D eigenvalue weighted by Gasteiger charge is 1.93. The van der Waals surface area contributed by atoms with Crippen LogP contribution < -0.4 is 11.1 Å². The van der Waals surface area contributed by atoms with E-state index in [2.05, 4.69) is 36.2 Å². The second kappa shape index (κ2) is 12.7. The lowest BCUT2D eigenvalue weighted by Crippen LogP contribution is -2.32. The average Bonchev–Trinajstić information content (AvgIpc) is 2.32. The van der Waals surface area contributed by atoms with Gasteiger partial charge in [-0.25, -0.2) is 0 Å². The van der Waals surface area contributed by atoms with Crippen molar-refractivity contribution in [3.63, 3.8) is 0 Å². The Morgan fingerprint density at radius 3 is 2.39 bits per heavy atom. The van der Waals surface area contributed by atoms with Gasteiger partial charge in [0.2, 0.25) is 0 Å². The zero-order valence-corrected chi connectivity index (χ0v) is 12.5. The first-order chi connectivity index (χ1) is 8.66. The second-order valence-electron chi connectivity index (χ2n) is 5.12. The Morgan fingerprint density at radius 2 is 1.72 bits per heavy atom. The van der Waals surface area contributed by atoms with Crippen molar-refractivity contribution in [2.75, 3.05) is 33.7 Å². The predicted octanol–water partition coefficient (Wildman–Crippen LogP) is 2.20. The first kappa shape index (κ1) is 17.2. The maximum atomic E-state index is 5.74. The Morgan fingerprint density at radius 1 is 1.06 bits per heavy atom. The molecule has 0 spiro atoms. The summed E-state index contributed by atoms with van der Waals surface area (Å²) in [6.45, 7) is 5.17. The van der Waals surface area contributed by atoms with E-state index in [1.807, 2.05) is 0 Å². The maximum Gasteiger partial charge on any atom is 0.188 e. The maximum absolute atomic E-state index is 5.74. The van der Waals surface area contributed by atoms with Crippen LogP contribution in [0.2, 0.25) is 0 Å². The van der Waals surface area contributed by atoms with Crippen LogP contribution in [0.25, 0.3) is 0 Å². The molecule has 0 saturated carbocycles.